The van der Waals surface area contributed by atoms with Crippen LogP contribution in [0.3, 0.4) is 0 Å². The van der Waals surface area contributed by atoms with Gasteiger partial charge in [-0.25, -0.2) is 14.4 Å². The van der Waals surface area contributed by atoms with Crippen LogP contribution in [0.5, 0.6) is 0 Å². The quantitative estimate of drug-likeness (QED) is 0.0308. The van der Waals surface area contributed by atoms with Gasteiger partial charge in [-0.1, -0.05) is 84.0 Å². The third-order valence-electron chi connectivity index (χ3n) is 13.0. The molecule has 4 atom stereocenters. The van der Waals surface area contributed by atoms with Crippen LogP contribution in [-0.4, -0.2) is 189 Å². The maximum absolute atomic E-state index is 12.6. The molecule has 0 spiro atoms. The molecular formula is C54H95N7O19. The number of unbranched alkanes of at least 4 members (excludes halogenated alkanes) is 14. The Morgan fingerprint density at radius 3 is 1.19 bits per heavy atom. The summed E-state index contributed by atoms with van der Waals surface area (Å²) in [7, 11) is 1.73. The van der Waals surface area contributed by atoms with Gasteiger partial charge >= 0.3 is 23.9 Å². The van der Waals surface area contributed by atoms with Crippen LogP contribution in [0.25, 0.3) is 0 Å². The number of nitrogens with one attached hydrogen (secondary N) is 7. The van der Waals surface area contributed by atoms with Gasteiger partial charge in [-0.15, -0.1) is 0 Å². The van der Waals surface area contributed by atoms with Crippen LogP contribution in [0.2, 0.25) is 0 Å². The van der Waals surface area contributed by atoms with Crippen molar-refractivity contribution in [1.29, 1.82) is 0 Å². The van der Waals surface area contributed by atoms with E-state index in [0.717, 1.165) is 64.1 Å². The molecule has 0 fully saturated rings. The summed E-state index contributed by atoms with van der Waals surface area (Å²) in [6.45, 7) is 2.32. The van der Waals surface area contributed by atoms with E-state index in [1.165, 1.54) is 25.7 Å². The summed E-state index contributed by atoms with van der Waals surface area (Å²) in [5.41, 5.74) is -0.588. The molecule has 460 valence electrons. The van der Waals surface area contributed by atoms with Gasteiger partial charge in [0.2, 0.25) is 35.4 Å². The van der Waals surface area contributed by atoms with Gasteiger partial charge in [0, 0.05) is 51.7 Å². The summed E-state index contributed by atoms with van der Waals surface area (Å²) in [5.74, 6) is -7.87. The molecule has 0 saturated heterocycles. The zero-order valence-electron chi connectivity index (χ0n) is 47.4. The normalized spacial score (nSPS) is 12.9. The zero-order valence-corrected chi connectivity index (χ0v) is 47.4. The summed E-state index contributed by atoms with van der Waals surface area (Å²) in [6, 6.07) is -4.04. The molecule has 0 heterocycles. The minimum atomic E-state index is -1.41. The van der Waals surface area contributed by atoms with E-state index >= 15 is 0 Å². The lowest BCUT2D eigenvalue weighted by atomic mass is 9.91. The third kappa shape index (κ3) is 43.0. The fourth-order valence-electron chi connectivity index (χ4n) is 8.05. The fourth-order valence-corrected chi connectivity index (χ4v) is 8.05. The molecule has 0 aromatic heterocycles. The summed E-state index contributed by atoms with van der Waals surface area (Å²) in [4.78, 5) is 131. The van der Waals surface area contributed by atoms with Crippen LogP contribution in [0, 0.1) is 0 Å². The minimum Gasteiger partial charge on any atom is -0.481 e. The van der Waals surface area contributed by atoms with Gasteiger partial charge in [0.25, 0.3) is 0 Å². The van der Waals surface area contributed by atoms with Gasteiger partial charge in [-0.2, -0.15) is 0 Å². The van der Waals surface area contributed by atoms with Gasteiger partial charge in [-0.05, 0) is 64.8 Å². The Kier molecular flexibility index (Phi) is 45.5. The van der Waals surface area contributed by atoms with Crippen molar-refractivity contribution < 1.29 is 92.1 Å². The van der Waals surface area contributed by atoms with Gasteiger partial charge < -0.3 is 81.4 Å². The Morgan fingerprint density at radius 1 is 0.412 bits per heavy atom. The first kappa shape index (κ1) is 74.2. The van der Waals surface area contributed by atoms with Gasteiger partial charge in [0.15, 0.2) is 0 Å². The van der Waals surface area contributed by atoms with Crippen LogP contribution < -0.4 is 37.2 Å². The van der Waals surface area contributed by atoms with E-state index < -0.39 is 83.7 Å². The smallest absolute Gasteiger partial charge is 0.326 e. The number of likely N-dealkylation sites (N-methyl/N-ethyl adjacent to an activating group) is 1. The van der Waals surface area contributed by atoms with Crippen molar-refractivity contribution in [3.05, 3.63) is 0 Å². The lowest BCUT2D eigenvalue weighted by Gasteiger charge is -2.25. The van der Waals surface area contributed by atoms with Crippen LogP contribution in [0.15, 0.2) is 0 Å². The molecule has 0 unspecified atom stereocenters. The van der Waals surface area contributed by atoms with Crippen LogP contribution in [-0.2, 0) is 71.7 Å². The van der Waals surface area contributed by atoms with Crippen molar-refractivity contribution in [3.8, 4) is 0 Å². The molecule has 0 bridgehead atoms. The molecule has 0 aliphatic rings. The lowest BCUT2D eigenvalue weighted by molar-refractivity contribution is -0.143. The molecule has 0 rings (SSSR count). The maximum Gasteiger partial charge on any atom is 0.326 e. The number of carboxylic acids is 4. The summed E-state index contributed by atoms with van der Waals surface area (Å²) < 4.78 is 21.2. The Labute approximate surface area is 470 Å². The van der Waals surface area contributed by atoms with E-state index in [2.05, 4.69) is 37.2 Å². The second-order valence-corrected chi connectivity index (χ2v) is 19.5. The number of amides is 6. The van der Waals surface area contributed by atoms with Crippen molar-refractivity contribution in [2.24, 2.45) is 0 Å². The number of aliphatic carboxylic acids is 4. The first-order chi connectivity index (χ1) is 38.4. The zero-order chi connectivity index (χ0) is 59.7. The number of carbonyl (C=O) groups is 11. The van der Waals surface area contributed by atoms with E-state index in [0.29, 0.717) is 38.6 Å². The Bertz CT molecular complexity index is 1800. The number of carbonyl (C=O) groups excluding carboxylic acids is 7. The highest BCUT2D eigenvalue weighted by molar-refractivity contribution is 5.87. The van der Waals surface area contributed by atoms with E-state index in [1.54, 1.807) is 7.05 Å². The predicted molar refractivity (Wildman–Crippen MR) is 292 cm³/mol. The van der Waals surface area contributed by atoms with Crippen LogP contribution >= 0.6 is 0 Å². The molecule has 0 aliphatic heterocycles. The molecule has 6 amide bonds. The summed E-state index contributed by atoms with van der Waals surface area (Å²) in [6.07, 6.45) is 16.9. The summed E-state index contributed by atoms with van der Waals surface area (Å²) in [5, 5.41) is 55.3. The highest BCUT2D eigenvalue weighted by Crippen LogP contribution is 2.16. The largest absolute Gasteiger partial charge is 0.481 e. The molecule has 26 nitrogen and oxygen atoms in total. The average molecular weight is 1150 g/mol. The average Bonchev–Trinajstić information content (AvgIpc) is 3.41. The molecule has 0 aliphatic carbocycles. The Morgan fingerprint density at radius 2 is 0.775 bits per heavy atom. The SMILES string of the molecule is CC[C@@](C=O)(CCCCNC(=O)CC[C@H](NC(=O)COCCOCCNC(=O)COCCOCCNC(=O)CC[C@H](NC(=O)CC[C@H](NC(=O)CCCCCCCCCCCCCCCCC(=O)O)C(=O)O)C(=O)O)C(=O)O)NC. The molecular weight excluding hydrogens is 1050 g/mol. The van der Waals surface area contributed by atoms with Crippen molar-refractivity contribution in [2.75, 3.05) is 79.5 Å². The number of hydrogen-bond acceptors (Lipinski definition) is 16. The van der Waals surface area contributed by atoms with Gasteiger partial charge in [-0.3, -0.25) is 33.6 Å². The monoisotopic (exact) mass is 1150 g/mol. The highest BCUT2D eigenvalue weighted by Gasteiger charge is 2.26. The van der Waals surface area contributed by atoms with Crippen molar-refractivity contribution in [1.82, 2.24) is 37.2 Å². The number of aldehydes is 1. The van der Waals surface area contributed by atoms with Crippen LogP contribution in [0.1, 0.15) is 174 Å². The first-order valence-corrected chi connectivity index (χ1v) is 28.4. The highest BCUT2D eigenvalue weighted by atomic mass is 16.5. The molecule has 0 radical (unpaired) electrons. The minimum absolute atomic E-state index is 0.0119. The molecule has 0 saturated carbocycles. The second-order valence-electron chi connectivity index (χ2n) is 19.5. The van der Waals surface area contributed by atoms with Crippen molar-refractivity contribution in [2.45, 2.75) is 198 Å². The first-order valence-electron chi connectivity index (χ1n) is 28.4. The standard InChI is InChI=1S/C54H95N7O19/c1-3-54(40-62,55-2)28-18-19-29-56-44(63)25-23-43(53(75)76)61-49(68)39-80-37-35-78-33-31-58-48(67)38-79-36-34-77-32-30-57-45(64)26-22-41(51(71)72)60-47(66)27-24-42(52(73)74)59-46(65)20-16-14-12-10-8-6-4-5-7-9-11-13-15-17-21-50(69)70/h40-43,55H,3-39H2,1-2H3,(H,56,63)(H,57,64)(H,58,67)(H,59,65)(H,60,66)(H,61,68)(H,69,70)(H,71,72)(H,73,74)(H,75,76)/t41-,42-,43-,54-/m0/s1. The van der Waals surface area contributed by atoms with E-state index in [-0.39, 0.29) is 117 Å². The number of carboxylic acid groups (broad SMARTS) is 4. The van der Waals surface area contributed by atoms with Crippen LogP contribution in [0.4, 0.5) is 0 Å². The van der Waals surface area contributed by atoms with Crippen molar-refractivity contribution in [3.63, 3.8) is 0 Å². The van der Waals surface area contributed by atoms with Gasteiger partial charge in [0.05, 0.1) is 45.2 Å². The molecule has 26 heteroatoms. The molecule has 0 aromatic carbocycles. The third-order valence-corrected chi connectivity index (χ3v) is 13.0. The predicted octanol–water partition coefficient (Wildman–Crippen LogP) is 2.51. The second kappa shape index (κ2) is 49.0. The number of rotatable bonds is 56. The molecule has 0 aromatic rings. The lowest BCUT2D eigenvalue weighted by Crippen LogP contribution is -2.44. The Balaban J connectivity index is 4.02. The number of hydrogen-bond donors (Lipinski definition) is 11. The molecule has 11 N–H and O–H groups in total. The van der Waals surface area contributed by atoms with E-state index in [9.17, 15) is 68.1 Å². The fraction of sp³-hybridized carbons (Fsp3) is 0.796. The topological polar surface area (TPSA) is 390 Å². The Hall–Kier alpha value is -5.83. The molecule has 80 heavy (non-hydrogen) atoms. The summed E-state index contributed by atoms with van der Waals surface area (Å²) >= 11 is 0. The van der Waals surface area contributed by atoms with E-state index in [1.807, 2.05) is 6.92 Å². The number of ether oxygens (including phenoxy) is 4. The van der Waals surface area contributed by atoms with E-state index in [4.69, 9.17) is 24.1 Å². The van der Waals surface area contributed by atoms with Crippen molar-refractivity contribution >= 4 is 65.6 Å². The van der Waals surface area contributed by atoms with Gasteiger partial charge in [0.1, 0.15) is 37.6 Å². The maximum atomic E-state index is 12.6.